The van der Waals surface area contributed by atoms with Crippen LogP contribution >= 0.6 is 0 Å². The Morgan fingerprint density at radius 1 is 0.966 bits per heavy atom. The van der Waals surface area contributed by atoms with Crippen LogP contribution in [0.1, 0.15) is 19.4 Å². The van der Waals surface area contributed by atoms with Crippen molar-refractivity contribution in [1.29, 1.82) is 0 Å². The molecule has 0 radical (unpaired) electrons. The molecular formula is C24H20FN3O. The lowest BCUT2D eigenvalue weighted by atomic mass is 10.0. The maximum Gasteiger partial charge on any atom is 0.279 e. The number of para-hydroxylation sites is 1. The van der Waals surface area contributed by atoms with Crippen molar-refractivity contribution < 1.29 is 4.39 Å². The van der Waals surface area contributed by atoms with Crippen molar-refractivity contribution in [2.75, 3.05) is 0 Å². The SMILES string of the molecule is CC(C)/N=C\c1cccc(-c2nn(-c3ccccc3F)c(=O)c3ccccc23)c1. The van der Waals surface area contributed by atoms with Crippen LogP contribution in [-0.4, -0.2) is 22.0 Å². The van der Waals surface area contributed by atoms with Crippen LogP contribution in [0.4, 0.5) is 4.39 Å². The number of hydrogen-bond donors (Lipinski definition) is 0. The average Bonchev–Trinajstić information content (AvgIpc) is 2.74. The van der Waals surface area contributed by atoms with E-state index >= 15 is 0 Å². The first-order valence-electron chi connectivity index (χ1n) is 9.45. The van der Waals surface area contributed by atoms with Gasteiger partial charge in [0.15, 0.2) is 0 Å². The molecule has 0 aliphatic carbocycles. The van der Waals surface area contributed by atoms with Crippen molar-refractivity contribution in [2.24, 2.45) is 4.99 Å². The summed E-state index contributed by atoms with van der Waals surface area (Å²) >= 11 is 0. The first-order chi connectivity index (χ1) is 14.0. The Hall–Kier alpha value is -3.60. The highest BCUT2D eigenvalue weighted by atomic mass is 19.1. The van der Waals surface area contributed by atoms with Crippen LogP contribution in [0.5, 0.6) is 0 Å². The van der Waals surface area contributed by atoms with Crippen molar-refractivity contribution in [3.63, 3.8) is 0 Å². The third kappa shape index (κ3) is 3.72. The largest absolute Gasteiger partial charge is 0.290 e. The summed E-state index contributed by atoms with van der Waals surface area (Å²) in [5.41, 5.74) is 2.15. The van der Waals surface area contributed by atoms with E-state index in [0.29, 0.717) is 11.1 Å². The van der Waals surface area contributed by atoms with Crippen molar-refractivity contribution in [3.8, 4) is 16.9 Å². The number of nitrogens with zero attached hydrogens (tertiary/aromatic N) is 3. The Labute approximate surface area is 168 Å². The monoisotopic (exact) mass is 385 g/mol. The molecular weight excluding hydrogens is 365 g/mol. The summed E-state index contributed by atoms with van der Waals surface area (Å²) in [6, 6.07) is 21.4. The van der Waals surface area contributed by atoms with Crippen molar-refractivity contribution >= 4 is 17.0 Å². The molecule has 5 heteroatoms. The molecule has 4 rings (SSSR count). The maximum absolute atomic E-state index is 14.4. The van der Waals surface area contributed by atoms with Crippen molar-refractivity contribution in [1.82, 2.24) is 9.78 Å². The lowest BCUT2D eigenvalue weighted by Gasteiger charge is -2.12. The fourth-order valence-electron chi connectivity index (χ4n) is 3.19. The molecule has 0 fully saturated rings. The molecule has 0 atom stereocenters. The van der Waals surface area contributed by atoms with Crippen LogP contribution in [-0.2, 0) is 0 Å². The van der Waals surface area contributed by atoms with Crippen LogP contribution in [0.3, 0.4) is 0 Å². The highest BCUT2D eigenvalue weighted by molar-refractivity contribution is 5.95. The van der Waals surface area contributed by atoms with Crippen LogP contribution in [0.15, 0.2) is 82.6 Å². The van der Waals surface area contributed by atoms with E-state index in [0.717, 1.165) is 21.2 Å². The minimum Gasteiger partial charge on any atom is -0.290 e. The van der Waals surface area contributed by atoms with Crippen LogP contribution < -0.4 is 5.56 Å². The standard InChI is InChI=1S/C24H20FN3O/c1-16(2)26-15-17-8-7-9-18(14-17)23-19-10-3-4-11-20(19)24(29)28(27-23)22-13-6-5-12-21(22)25/h3-16H,1-2H3/b26-15-. The molecule has 29 heavy (non-hydrogen) atoms. The normalized spacial score (nSPS) is 11.6. The third-order valence-corrected chi connectivity index (χ3v) is 4.57. The van der Waals surface area contributed by atoms with Crippen molar-refractivity contribution in [2.45, 2.75) is 19.9 Å². The molecule has 1 aromatic heterocycles. The molecule has 4 aromatic rings. The van der Waals surface area contributed by atoms with E-state index in [1.807, 2.05) is 56.5 Å². The molecule has 0 saturated carbocycles. The van der Waals surface area contributed by atoms with E-state index in [1.165, 1.54) is 6.07 Å². The van der Waals surface area contributed by atoms with Crippen LogP contribution in [0.2, 0.25) is 0 Å². The molecule has 0 spiro atoms. The van der Waals surface area contributed by atoms with Gasteiger partial charge in [0.2, 0.25) is 0 Å². The van der Waals surface area contributed by atoms with E-state index < -0.39 is 5.82 Å². The summed E-state index contributed by atoms with van der Waals surface area (Å²) in [4.78, 5) is 17.5. The Bertz CT molecular complexity index is 1270. The fourth-order valence-corrected chi connectivity index (χ4v) is 3.19. The number of fused-ring (bicyclic) bond motifs is 1. The van der Waals surface area contributed by atoms with E-state index in [-0.39, 0.29) is 17.3 Å². The van der Waals surface area contributed by atoms with Gasteiger partial charge >= 0.3 is 0 Å². The van der Waals surface area contributed by atoms with Crippen LogP contribution in [0.25, 0.3) is 27.7 Å². The highest BCUT2D eigenvalue weighted by Crippen LogP contribution is 2.26. The Morgan fingerprint density at radius 2 is 1.69 bits per heavy atom. The van der Waals surface area contributed by atoms with Crippen molar-refractivity contribution in [3.05, 3.63) is 94.5 Å². The highest BCUT2D eigenvalue weighted by Gasteiger charge is 2.15. The molecule has 0 unspecified atom stereocenters. The lowest BCUT2D eigenvalue weighted by Crippen LogP contribution is -2.23. The van der Waals surface area contributed by atoms with Gasteiger partial charge < -0.3 is 0 Å². The summed E-state index contributed by atoms with van der Waals surface area (Å²) in [6.07, 6.45) is 1.82. The van der Waals surface area contributed by atoms with Gasteiger partial charge in [0.05, 0.1) is 11.1 Å². The number of aliphatic imine (C=N–C) groups is 1. The summed E-state index contributed by atoms with van der Waals surface area (Å²) in [5, 5.41) is 5.77. The number of aromatic nitrogens is 2. The summed E-state index contributed by atoms with van der Waals surface area (Å²) < 4.78 is 15.6. The second-order valence-electron chi connectivity index (χ2n) is 7.06. The maximum atomic E-state index is 14.4. The van der Waals surface area contributed by atoms with E-state index in [9.17, 15) is 9.18 Å². The Kier molecular flexibility index (Phi) is 5.04. The minimum atomic E-state index is -0.499. The zero-order chi connectivity index (χ0) is 20.4. The summed E-state index contributed by atoms with van der Waals surface area (Å²) in [7, 11) is 0. The molecule has 4 nitrogen and oxygen atoms in total. The van der Waals surface area contributed by atoms with E-state index in [4.69, 9.17) is 0 Å². The van der Waals surface area contributed by atoms with Gasteiger partial charge in [0.25, 0.3) is 5.56 Å². The first-order valence-corrected chi connectivity index (χ1v) is 9.45. The molecule has 1 heterocycles. The Morgan fingerprint density at radius 3 is 2.45 bits per heavy atom. The topological polar surface area (TPSA) is 47.2 Å². The molecule has 0 aliphatic heterocycles. The number of hydrogen-bond acceptors (Lipinski definition) is 3. The molecule has 144 valence electrons. The second kappa shape index (κ2) is 7.80. The van der Waals surface area contributed by atoms with Gasteiger partial charge in [0.1, 0.15) is 11.5 Å². The predicted octanol–water partition coefficient (Wildman–Crippen LogP) is 5.02. The van der Waals surface area contributed by atoms with Gasteiger partial charge in [-0.25, -0.2) is 4.39 Å². The smallest absolute Gasteiger partial charge is 0.279 e. The zero-order valence-corrected chi connectivity index (χ0v) is 16.2. The first kappa shape index (κ1) is 18.7. The quantitative estimate of drug-likeness (QED) is 0.463. The second-order valence-corrected chi connectivity index (χ2v) is 7.06. The van der Waals surface area contributed by atoms with E-state index in [1.54, 1.807) is 30.3 Å². The fraction of sp³-hybridized carbons (Fsp3) is 0.125. The number of halogens is 1. The minimum absolute atomic E-state index is 0.127. The van der Waals surface area contributed by atoms with Crippen LogP contribution in [0, 0.1) is 5.82 Å². The molecule has 3 aromatic carbocycles. The Balaban J connectivity index is 1.98. The summed E-state index contributed by atoms with van der Waals surface area (Å²) in [5.74, 6) is -0.499. The van der Waals surface area contributed by atoms with Gasteiger partial charge in [-0.2, -0.15) is 9.78 Å². The van der Waals surface area contributed by atoms with Gasteiger partial charge in [-0.15, -0.1) is 0 Å². The van der Waals surface area contributed by atoms with Gasteiger partial charge in [-0.05, 0) is 43.7 Å². The number of benzene rings is 3. The molecule has 0 bridgehead atoms. The zero-order valence-electron chi connectivity index (χ0n) is 16.2. The predicted molar refractivity (Wildman–Crippen MR) is 115 cm³/mol. The van der Waals surface area contributed by atoms with Gasteiger partial charge in [-0.1, -0.05) is 48.5 Å². The summed E-state index contributed by atoms with van der Waals surface area (Å²) in [6.45, 7) is 4.03. The molecule has 0 aliphatic rings. The number of rotatable bonds is 4. The lowest BCUT2D eigenvalue weighted by molar-refractivity contribution is 0.607. The van der Waals surface area contributed by atoms with Gasteiger partial charge in [0, 0.05) is 23.2 Å². The molecule has 0 amide bonds. The molecule has 0 saturated heterocycles. The third-order valence-electron chi connectivity index (χ3n) is 4.57. The van der Waals surface area contributed by atoms with Gasteiger partial charge in [-0.3, -0.25) is 9.79 Å². The average molecular weight is 385 g/mol. The van der Waals surface area contributed by atoms with E-state index in [2.05, 4.69) is 10.1 Å². The molecule has 0 N–H and O–H groups in total.